The zero-order valence-corrected chi connectivity index (χ0v) is 12.1. The van der Waals surface area contributed by atoms with E-state index in [4.69, 9.17) is 4.52 Å². The molecule has 0 radical (unpaired) electrons. The minimum absolute atomic E-state index is 0.0591. The fraction of sp³-hybridized carbons (Fsp3) is 0.250. The van der Waals surface area contributed by atoms with E-state index in [1.54, 1.807) is 13.8 Å². The van der Waals surface area contributed by atoms with Gasteiger partial charge in [-0.15, -0.1) is 0 Å². The molecule has 0 fully saturated rings. The number of thiazole rings is 1. The number of sulfonamides is 1. The molecule has 0 unspecified atom stereocenters. The molecule has 2 aromatic rings. The van der Waals surface area contributed by atoms with Gasteiger partial charge in [-0.05, 0) is 29.8 Å². The Bertz CT molecular complexity index is 627. The second-order valence-electron chi connectivity index (χ2n) is 3.23. The Balaban J connectivity index is 2.38. The third-order valence-electron chi connectivity index (χ3n) is 1.94. The number of rotatable bonds is 3. The SMILES string of the molecule is Cc1noc(C)c1S(=O)(=O)Nc1ncc(Br)s1. The van der Waals surface area contributed by atoms with E-state index in [0.717, 1.165) is 3.79 Å². The van der Waals surface area contributed by atoms with Gasteiger partial charge in [0.25, 0.3) is 10.0 Å². The summed E-state index contributed by atoms with van der Waals surface area (Å²) >= 11 is 4.40. The summed E-state index contributed by atoms with van der Waals surface area (Å²) in [6.07, 6.45) is 1.52. The van der Waals surface area contributed by atoms with Crippen molar-refractivity contribution in [1.29, 1.82) is 0 Å². The van der Waals surface area contributed by atoms with Gasteiger partial charge in [0.05, 0.1) is 9.98 Å². The van der Waals surface area contributed by atoms with Crippen LogP contribution in [0.1, 0.15) is 11.5 Å². The molecule has 0 amide bonds. The number of nitrogens with zero attached hydrogens (tertiary/aromatic N) is 2. The number of halogens is 1. The third kappa shape index (κ3) is 2.50. The van der Waals surface area contributed by atoms with Crippen LogP contribution >= 0.6 is 27.3 Å². The van der Waals surface area contributed by atoms with E-state index in [2.05, 4.69) is 30.8 Å². The van der Waals surface area contributed by atoms with Crippen molar-refractivity contribution in [2.45, 2.75) is 18.7 Å². The molecular weight excluding hydrogens is 330 g/mol. The average Bonchev–Trinajstić information content (AvgIpc) is 2.73. The maximum absolute atomic E-state index is 12.1. The van der Waals surface area contributed by atoms with E-state index in [1.165, 1.54) is 17.5 Å². The van der Waals surface area contributed by atoms with E-state index in [9.17, 15) is 8.42 Å². The van der Waals surface area contributed by atoms with Gasteiger partial charge in [0.15, 0.2) is 15.8 Å². The normalized spacial score (nSPS) is 11.7. The molecule has 0 atom stereocenters. The zero-order valence-electron chi connectivity index (χ0n) is 8.89. The van der Waals surface area contributed by atoms with Crippen LogP contribution in [0, 0.1) is 13.8 Å². The van der Waals surface area contributed by atoms with Crippen molar-refractivity contribution < 1.29 is 12.9 Å². The molecule has 17 heavy (non-hydrogen) atoms. The molecule has 0 aliphatic heterocycles. The summed E-state index contributed by atoms with van der Waals surface area (Å²) in [5.74, 6) is 0.255. The van der Waals surface area contributed by atoms with E-state index >= 15 is 0 Å². The fourth-order valence-corrected chi connectivity index (χ4v) is 4.01. The van der Waals surface area contributed by atoms with Gasteiger partial charge in [-0.2, -0.15) is 0 Å². The number of aryl methyl sites for hydroxylation is 2. The predicted molar refractivity (Wildman–Crippen MR) is 66.6 cm³/mol. The molecule has 0 saturated heterocycles. The maximum Gasteiger partial charge on any atom is 0.269 e. The minimum atomic E-state index is -3.70. The zero-order chi connectivity index (χ0) is 12.6. The molecule has 0 saturated carbocycles. The van der Waals surface area contributed by atoms with Crippen molar-refractivity contribution in [3.8, 4) is 0 Å². The highest BCUT2D eigenvalue weighted by Gasteiger charge is 2.25. The molecule has 9 heteroatoms. The topological polar surface area (TPSA) is 85.1 Å². The van der Waals surface area contributed by atoms with Crippen LogP contribution in [0.4, 0.5) is 5.13 Å². The molecular formula is C8H8BrN3O3S2. The quantitative estimate of drug-likeness (QED) is 0.928. The third-order valence-corrected chi connectivity index (χ3v) is 5.04. The smallest absolute Gasteiger partial charge is 0.269 e. The average molecular weight is 338 g/mol. The van der Waals surface area contributed by atoms with Gasteiger partial charge < -0.3 is 4.52 Å². The Morgan fingerprint density at radius 1 is 1.47 bits per heavy atom. The highest BCUT2D eigenvalue weighted by atomic mass is 79.9. The predicted octanol–water partition coefficient (Wildman–Crippen LogP) is 2.31. The first-order chi connectivity index (χ1) is 7.90. The first-order valence-corrected chi connectivity index (χ1v) is 7.56. The van der Waals surface area contributed by atoms with Crippen LogP contribution in [-0.2, 0) is 10.0 Å². The van der Waals surface area contributed by atoms with Crippen LogP contribution < -0.4 is 4.72 Å². The summed E-state index contributed by atoms with van der Waals surface area (Å²) in [6.45, 7) is 3.12. The second-order valence-corrected chi connectivity index (χ2v) is 7.26. The van der Waals surface area contributed by atoms with Gasteiger partial charge in [-0.25, -0.2) is 13.4 Å². The van der Waals surface area contributed by atoms with E-state index in [-0.39, 0.29) is 15.8 Å². The maximum atomic E-state index is 12.1. The lowest BCUT2D eigenvalue weighted by atomic mass is 10.4. The van der Waals surface area contributed by atoms with Crippen LogP contribution in [0.3, 0.4) is 0 Å². The molecule has 0 bridgehead atoms. The molecule has 0 spiro atoms. The Kier molecular flexibility index (Phi) is 3.23. The Labute approximate surface area is 110 Å². The van der Waals surface area contributed by atoms with Crippen LogP contribution in [0.2, 0.25) is 0 Å². The molecule has 0 aromatic carbocycles. The minimum Gasteiger partial charge on any atom is -0.360 e. The summed E-state index contributed by atoms with van der Waals surface area (Å²) in [6, 6.07) is 0. The summed E-state index contributed by atoms with van der Waals surface area (Å²) in [5, 5.41) is 3.90. The van der Waals surface area contributed by atoms with Crippen molar-refractivity contribution in [2.75, 3.05) is 4.72 Å². The Morgan fingerprint density at radius 2 is 2.18 bits per heavy atom. The lowest BCUT2D eigenvalue weighted by molar-refractivity contribution is 0.390. The fourth-order valence-electron chi connectivity index (χ4n) is 1.33. The van der Waals surface area contributed by atoms with Crippen molar-refractivity contribution in [2.24, 2.45) is 0 Å². The second kappa shape index (κ2) is 4.39. The van der Waals surface area contributed by atoms with Crippen LogP contribution in [0.15, 0.2) is 19.4 Å². The Morgan fingerprint density at radius 3 is 2.65 bits per heavy atom. The number of hydrogen-bond acceptors (Lipinski definition) is 6. The Hall–Kier alpha value is -0.930. The van der Waals surface area contributed by atoms with Gasteiger partial charge >= 0.3 is 0 Å². The molecule has 92 valence electrons. The van der Waals surface area contributed by atoms with Gasteiger partial charge in [-0.1, -0.05) is 16.5 Å². The number of nitrogens with one attached hydrogen (secondary N) is 1. The first-order valence-electron chi connectivity index (χ1n) is 4.47. The standard InChI is InChI=1S/C8H8BrN3O3S2/c1-4-7(5(2)15-11-4)17(13,14)12-8-10-3-6(9)16-8/h3H,1-2H3,(H,10,12). The lowest BCUT2D eigenvalue weighted by Gasteiger charge is -2.03. The van der Waals surface area contributed by atoms with Crippen LogP contribution in [0.25, 0.3) is 0 Å². The van der Waals surface area contributed by atoms with Crippen LogP contribution in [0.5, 0.6) is 0 Å². The van der Waals surface area contributed by atoms with Crippen LogP contribution in [-0.4, -0.2) is 18.6 Å². The molecule has 2 heterocycles. The molecule has 0 aliphatic carbocycles. The van der Waals surface area contributed by atoms with Gasteiger partial charge in [0.1, 0.15) is 5.69 Å². The molecule has 2 aromatic heterocycles. The van der Waals surface area contributed by atoms with E-state index in [1.807, 2.05) is 0 Å². The van der Waals surface area contributed by atoms with Crippen molar-refractivity contribution >= 4 is 42.4 Å². The number of aromatic nitrogens is 2. The van der Waals surface area contributed by atoms with Gasteiger partial charge in [0, 0.05) is 0 Å². The molecule has 0 aliphatic rings. The summed E-state index contributed by atoms with van der Waals surface area (Å²) < 4.78 is 32.1. The monoisotopic (exact) mass is 337 g/mol. The number of hydrogen-bond donors (Lipinski definition) is 1. The molecule has 1 N–H and O–H groups in total. The van der Waals surface area contributed by atoms with Crippen molar-refractivity contribution in [3.63, 3.8) is 0 Å². The van der Waals surface area contributed by atoms with Gasteiger partial charge in [0.2, 0.25) is 0 Å². The summed E-state index contributed by atoms with van der Waals surface area (Å²) in [4.78, 5) is 3.96. The first kappa shape index (κ1) is 12.5. The lowest BCUT2D eigenvalue weighted by Crippen LogP contribution is -2.14. The molecule has 6 nitrogen and oxygen atoms in total. The van der Waals surface area contributed by atoms with Crippen molar-refractivity contribution in [1.82, 2.24) is 10.1 Å². The highest BCUT2D eigenvalue weighted by molar-refractivity contribution is 9.11. The highest BCUT2D eigenvalue weighted by Crippen LogP contribution is 2.27. The van der Waals surface area contributed by atoms with E-state index in [0.29, 0.717) is 5.69 Å². The largest absolute Gasteiger partial charge is 0.360 e. The summed E-state index contributed by atoms with van der Waals surface area (Å²) in [7, 11) is -3.70. The van der Waals surface area contributed by atoms with Crippen molar-refractivity contribution in [3.05, 3.63) is 21.4 Å². The van der Waals surface area contributed by atoms with Gasteiger partial charge in [-0.3, -0.25) is 4.72 Å². The summed E-state index contributed by atoms with van der Waals surface area (Å²) in [5.41, 5.74) is 0.325. The molecule has 2 rings (SSSR count). The number of anilines is 1. The van der Waals surface area contributed by atoms with E-state index < -0.39 is 10.0 Å².